The Labute approximate surface area is 169 Å². The van der Waals surface area contributed by atoms with Crippen LogP contribution in [-0.2, 0) is 20.7 Å². The standard InChI is InChI=1S/C20H22FN3O3.ClH/c21-16-3-1-2-4-17(16)24-19(25)11-13-5-7-14(8-6-13)23-20(26)18-10-9-15(12-22)27-18;/h1-8,15,18H,9-12,22H2,(H,23,26)(H,24,25);1H/t15-,18+;/m1./s1. The zero-order chi connectivity index (χ0) is 19.2. The van der Waals surface area contributed by atoms with Crippen molar-refractivity contribution in [2.75, 3.05) is 17.2 Å². The van der Waals surface area contributed by atoms with E-state index in [4.69, 9.17) is 10.5 Å². The van der Waals surface area contributed by atoms with Crippen molar-refractivity contribution < 1.29 is 18.7 Å². The number of hydrogen-bond acceptors (Lipinski definition) is 4. The summed E-state index contributed by atoms with van der Waals surface area (Å²) in [6, 6.07) is 12.9. The maximum absolute atomic E-state index is 13.6. The first-order valence-corrected chi connectivity index (χ1v) is 8.85. The average molecular weight is 408 g/mol. The Morgan fingerprint density at radius 2 is 1.79 bits per heavy atom. The van der Waals surface area contributed by atoms with Crippen LogP contribution in [0.3, 0.4) is 0 Å². The van der Waals surface area contributed by atoms with Gasteiger partial charge in [0.15, 0.2) is 0 Å². The second kappa shape index (κ2) is 10.2. The van der Waals surface area contributed by atoms with Crippen LogP contribution in [0.25, 0.3) is 0 Å². The predicted octanol–water partition coefficient (Wildman–Crippen LogP) is 2.87. The molecular formula is C20H23ClFN3O3. The van der Waals surface area contributed by atoms with Gasteiger partial charge in [-0.3, -0.25) is 9.59 Å². The van der Waals surface area contributed by atoms with Crippen molar-refractivity contribution >= 4 is 35.6 Å². The largest absolute Gasteiger partial charge is 0.364 e. The quantitative estimate of drug-likeness (QED) is 0.686. The monoisotopic (exact) mass is 407 g/mol. The first kappa shape index (κ1) is 21.8. The van der Waals surface area contributed by atoms with Crippen LogP contribution in [0.15, 0.2) is 48.5 Å². The Morgan fingerprint density at radius 1 is 1.07 bits per heavy atom. The highest BCUT2D eigenvalue weighted by atomic mass is 35.5. The number of nitrogens with one attached hydrogen (secondary N) is 2. The normalized spacial score (nSPS) is 18.2. The van der Waals surface area contributed by atoms with Crippen LogP contribution in [0.1, 0.15) is 18.4 Å². The van der Waals surface area contributed by atoms with E-state index in [1.807, 2.05) is 0 Å². The summed E-state index contributed by atoms with van der Waals surface area (Å²) < 4.78 is 19.1. The number of hydrogen-bond donors (Lipinski definition) is 3. The summed E-state index contributed by atoms with van der Waals surface area (Å²) in [6.07, 6.45) is 1.000. The molecule has 8 heteroatoms. The van der Waals surface area contributed by atoms with Crippen molar-refractivity contribution in [3.8, 4) is 0 Å². The Kier molecular flexibility index (Phi) is 7.92. The summed E-state index contributed by atoms with van der Waals surface area (Å²) in [5.74, 6) is -0.991. The number of carbonyl (C=O) groups excluding carboxylic acids is 2. The van der Waals surface area contributed by atoms with E-state index in [-0.39, 0.29) is 42.4 Å². The van der Waals surface area contributed by atoms with Gasteiger partial charge in [0, 0.05) is 12.2 Å². The molecule has 0 radical (unpaired) electrons. The molecule has 1 aliphatic rings. The number of ether oxygens (including phenoxy) is 1. The number of carbonyl (C=O) groups is 2. The molecule has 0 saturated carbocycles. The van der Waals surface area contributed by atoms with Crippen LogP contribution in [0.2, 0.25) is 0 Å². The van der Waals surface area contributed by atoms with E-state index in [0.29, 0.717) is 18.7 Å². The molecule has 0 aliphatic carbocycles. The first-order chi connectivity index (χ1) is 13.0. The van der Waals surface area contributed by atoms with E-state index < -0.39 is 11.9 Å². The Bertz CT molecular complexity index is 817. The summed E-state index contributed by atoms with van der Waals surface area (Å²) in [6.45, 7) is 0.410. The fourth-order valence-electron chi connectivity index (χ4n) is 2.94. The van der Waals surface area contributed by atoms with Gasteiger partial charge in [0.25, 0.3) is 5.91 Å². The molecule has 0 unspecified atom stereocenters. The van der Waals surface area contributed by atoms with E-state index in [2.05, 4.69) is 10.6 Å². The molecule has 0 bridgehead atoms. The third-order valence-corrected chi connectivity index (χ3v) is 4.40. The van der Waals surface area contributed by atoms with E-state index in [1.54, 1.807) is 36.4 Å². The molecule has 0 aromatic heterocycles. The van der Waals surface area contributed by atoms with Gasteiger partial charge in [0.2, 0.25) is 5.91 Å². The Hall–Kier alpha value is -2.48. The van der Waals surface area contributed by atoms with Crippen molar-refractivity contribution in [1.29, 1.82) is 0 Å². The van der Waals surface area contributed by atoms with Gasteiger partial charge in [-0.25, -0.2) is 4.39 Å². The molecule has 3 rings (SSSR count). The molecule has 1 saturated heterocycles. The number of para-hydroxylation sites is 1. The number of halogens is 2. The Balaban J connectivity index is 0.00000280. The molecule has 1 heterocycles. The van der Waals surface area contributed by atoms with Crippen LogP contribution in [0, 0.1) is 5.82 Å². The molecule has 4 N–H and O–H groups in total. The molecule has 2 atom stereocenters. The molecule has 2 amide bonds. The van der Waals surface area contributed by atoms with Gasteiger partial charge in [-0.2, -0.15) is 0 Å². The third kappa shape index (κ3) is 5.76. The number of rotatable bonds is 6. The SMILES string of the molecule is Cl.NC[C@H]1CC[C@@H](C(=O)Nc2ccc(CC(=O)Nc3ccccc3F)cc2)O1. The zero-order valence-electron chi connectivity index (χ0n) is 15.2. The minimum atomic E-state index is -0.482. The number of nitrogens with two attached hydrogens (primary N) is 1. The van der Waals surface area contributed by atoms with Crippen LogP contribution in [-0.4, -0.2) is 30.6 Å². The van der Waals surface area contributed by atoms with Gasteiger partial charge in [-0.15, -0.1) is 12.4 Å². The second-order valence-electron chi connectivity index (χ2n) is 6.45. The summed E-state index contributed by atoms with van der Waals surface area (Å²) in [4.78, 5) is 24.3. The summed E-state index contributed by atoms with van der Waals surface area (Å²) in [5.41, 5.74) is 7.08. The number of amides is 2. The fraction of sp³-hybridized carbons (Fsp3) is 0.300. The van der Waals surface area contributed by atoms with Crippen molar-refractivity contribution in [2.45, 2.75) is 31.5 Å². The molecule has 2 aromatic carbocycles. The zero-order valence-corrected chi connectivity index (χ0v) is 16.0. The van der Waals surface area contributed by atoms with Crippen LogP contribution < -0.4 is 16.4 Å². The lowest BCUT2D eigenvalue weighted by Gasteiger charge is -2.13. The summed E-state index contributed by atoms with van der Waals surface area (Å²) in [7, 11) is 0. The molecular weight excluding hydrogens is 385 g/mol. The van der Waals surface area contributed by atoms with Gasteiger partial charge in [-0.05, 0) is 42.7 Å². The van der Waals surface area contributed by atoms with E-state index >= 15 is 0 Å². The smallest absolute Gasteiger partial charge is 0.253 e. The van der Waals surface area contributed by atoms with E-state index in [0.717, 1.165) is 12.0 Å². The molecule has 1 fully saturated rings. The topological polar surface area (TPSA) is 93.5 Å². The molecule has 6 nitrogen and oxygen atoms in total. The summed E-state index contributed by atoms with van der Waals surface area (Å²) in [5, 5.41) is 5.34. The third-order valence-electron chi connectivity index (χ3n) is 4.40. The molecule has 150 valence electrons. The van der Waals surface area contributed by atoms with Crippen molar-refractivity contribution in [1.82, 2.24) is 0 Å². The van der Waals surface area contributed by atoms with Crippen molar-refractivity contribution in [2.24, 2.45) is 5.73 Å². The highest BCUT2D eigenvalue weighted by Gasteiger charge is 2.29. The van der Waals surface area contributed by atoms with E-state index in [9.17, 15) is 14.0 Å². The van der Waals surface area contributed by atoms with Gasteiger partial charge < -0.3 is 21.1 Å². The lowest BCUT2D eigenvalue weighted by Crippen LogP contribution is -2.29. The predicted molar refractivity (Wildman–Crippen MR) is 108 cm³/mol. The van der Waals surface area contributed by atoms with Gasteiger partial charge in [-0.1, -0.05) is 24.3 Å². The maximum atomic E-state index is 13.6. The van der Waals surface area contributed by atoms with Crippen molar-refractivity contribution in [3.05, 3.63) is 59.9 Å². The highest BCUT2D eigenvalue weighted by Crippen LogP contribution is 2.21. The lowest BCUT2D eigenvalue weighted by atomic mass is 10.1. The van der Waals surface area contributed by atoms with Crippen LogP contribution >= 0.6 is 12.4 Å². The molecule has 0 spiro atoms. The highest BCUT2D eigenvalue weighted by molar-refractivity contribution is 5.95. The van der Waals surface area contributed by atoms with Gasteiger partial charge >= 0.3 is 0 Å². The average Bonchev–Trinajstić information content (AvgIpc) is 3.15. The van der Waals surface area contributed by atoms with Gasteiger partial charge in [0.1, 0.15) is 11.9 Å². The van der Waals surface area contributed by atoms with Crippen LogP contribution in [0.5, 0.6) is 0 Å². The summed E-state index contributed by atoms with van der Waals surface area (Å²) >= 11 is 0. The van der Waals surface area contributed by atoms with Gasteiger partial charge in [0.05, 0.1) is 18.2 Å². The van der Waals surface area contributed by atoms with Crippen molar-refractivity contribution in [3.63, 3.8) is 0 Å². The molecule has 28 heavy (non-hydrogen) atoms. The fourth-order valence-corrected chi connectivity index (χ4v) is 2.94. The number of anilines is 2. The minimum Gasteiger partial charge on any atom is -0.364 e. The van der Waals surface area contributed by atoms with E-state index in [1.165, 1.54) is 12.1 Å². The van der Waals surface area contributed by atoms with Crippen LogP contribution in [0.4, 0.5) is 15.8 Å². The molecule has 1 aliphatic heterocycles. The first-order valence-electron chi connectivity index (χ1n) is 8.85. The maximum Gasteiger partial charge on any atom is 0.253 e. The minimum absolute atomic E-state index is 0. The Morgan fingerprint density at radius 3 is 2.43 bits per heavy atom. The molecule has 2 aromatic rings. The number of benzene rings is 2. The lowest BCUT2D eigenvalue weighted by molar-refractivity contribution is -0.126. The second-order valence-corrected chi connectivity index (χ2v) is 6.45.